The van der Waals surface area contributed by atoms with Crippen LogP contribution in [0.3, 0.4) is 0 Å². The Balaban J connectivity index is 2.21. The van der Waals surface area contributed by atoms with Crippen molar-refractivity contribution in [1.29, 1.82) is 0 Å². The average Bonchev–Trinajstić information content (AvgIpc) is 2.55. The number of hydrogen-bond acceptors (Lipinski definition) is 5. The highest BCUT2D eigenvalue weighted by Gasteiger charge is 2.16. The third kappa shape index (κ3) is 4.91. The van der Waals surface area contributed by atoms with Crippen molar-refractivity contribution in [3.63, 3.8) is 0 Å². The zero-order valence-electron chi connectivity index (χ0n) is 12.2. The van der Waals surface area contributed by atoms with Gasteiger partial charge in [-0.2, -0.15) is 0 Å². The summed E-state index contributed by atoms with van der Waals surface area (Å²) in [5.41, 5.74) is 1.28. The van der Waals surface area contributed by atoms with Crippen LogP contribution in [0.15, 0.2) is 51.9 Å². The molecule has 0 spiro atoms. The molecule has 3 N–H and O–H groups in total. The summed E-state index contributed by atoms with van der Waals surface area (Å²) in [5.74, 6) is -0.220. The standard InChI is InChI=1S/C17H16BrNO4/c18-13-3-6-16(22)12(8-13)9-19-15(17(23)10-20)7-11-1-4-14(21)5-2-11/h1-6,8-9,15,20-22H,7,10H2/b19-9-. The summed E-state index contributed by atoms with van der Waals surface area (Å²) in [6.07, 6.45) is 1.71. The molecule has 2 rings (SSSR count). The number of ketones is 1. The molecule has 0 amide bonds. The van der Waals surface area contributed by atoms with Gasteiger partial charge in [-0.1, -0.05) is 28.1 Å². The van der Waals surface area contributed by atoms with Crippen LogP contribution in [0.1, 0.15) is 11.1 Å². The molecule has 23 heavy (non-hydrogen) atoms. The highest BCUT2D eigenvalue weighted by atomic mass is 79.9. The Labute approximate surface area is 142 Å². The zero-order chi connectivity index (χ0) is 16.8. The van der Waals surface area contributed by atoms with Crippen LogP contribution in [0.4, 0.5) is 0 Å². The lowest BCUT2D eigenvalue weighted by Gasteiger charge is -2.10. The summed E-state index contributed by atoms with van der Waals surface area (Å²) in [7, 11) is 0. The molecule has 0 aliphatic carbocycles. The van der Waals surface area contributed by atoms with Gasteiger partial charge < -0.3 is 15.3 Å². The molecule has 0 radical (unpaired) electrons. The van der Waals surface area contributed by atoms with E-state index in [9.17, 15) is 15.0 Å². The number of aliphatic imine (C=N–C) groups is 1. The van der Waals surface area contributed by atoms with Gasteiger partial charge in [0.15, 0.2) is 5.78 Å². The number of phenolic OH excluding ortho intramolecular Hbond substituents is 2. The Morgan fingerprint density at radius 2 is 1.87 bits per heavy atom. The molecule has 2 aromatic carbocycles. The first-order chi connectivity index (χ1) is 11.0. The minimum absolute atomic E-state index is 0.0526. The molecule has 0 aromatic heterocycles. The number of rotatable bonds is 6. The van der Waals surface area contributed by atoms with E-state index >= 15 is 0 Å². The van der Waals surface area contributed by atoms with Crippen LogP contribution in [-0.4, -0.2) is 40.0 Å². The lowest BCUT2D eigenvalue weighted by molar-refractivity contribution is -0.122. The topological polar surface area (TPSA) is 90.1 Å². The molecule has 1 unspecified atom stereocenters. The molecule has 2 aromatic rings. The van der Waals surface area contributed by atoms with Crippen LogP contribution in [0.5, 0.6) is 11.5 Å². The molecule has 0 heterocycles. The molecule has 0 fully saturated rings. The maximum Gasteiger partial charge on any atom is 0.182 e. The van der Waals surface area contributed by atoms with E-state index in [1.807, 2.05) is 0 Å². The summed E-state index contributed by atoms with van der Waals surface area (Å²) in [4.78, 5) is 16.1. The summed E-state index contributed by atoms with van der Waals surface area (Å²) in [6.45, 7) is -0.607. The van der Waals surface area contributed by atoms with Crippen molar-refractivity contribution in [3.8, 4) is 11.5 Å². The molecular formula is C17H16BrNO4. The second-order valence-electron chi connectivity index (χ2n) is 4.99. The van der Waals surface area contributed by atoms with Gasteiger partial charge in [-0.15, -0.1) is 0 Å². The van der Waals surface area contributed by atoms with E-state index in [0.717, 1.165) is 10.0 Å². The Morgan fingerprint density at radius 3 is 2.52 bits per heavy atom. The lowest BCUT2D eigenvalue weighted by Crippen LogP contribution is -2.24. The number of nitrogens with zero attached hydrogens (tertiary/aromatic N) is 1. The molecule has 0 saturated carbocycles. The summed E-state index contributed by atoms with van der Waals surface area (Å²) >= 11 is 3.30. The van der Waals surface area contributed by atoms with Gasteiger partial charge in [0.25, 0.3) is 0 Å². The first kappa shape index (κ1) is 17.2. The van der Waals surface area contributed by atoms with Gasteiger partial charge in [-0.25, -0.2) is 0 Å². The average molecular weight is 378 g/mol. The maximum absolute atomic E-state index is 11.9. The van der Waals surface area contributed by atoms with E-state index in [4.69, 9.17) is 5.11 Å². The number of hydrogen-bond donors (Lipinski definition) is 3. The summed E-state index contributed by atoms with van der Waals surface area (Å²) in [6, 6.07) is 10.6. The fourth-order valence-corrected chi connectivity index (χ4v) is 2.39. The van der Waals surface area contributed by atoms with Gasteiger partial charge in [0, 0.05) is 22.7 Å². The number of aliphatic hydroxyl groups excluding tert-OH is 1. The van der Waals surface area contributed by atoms with Crippen LogP contribution >= 0.6 is 15.9 Å². The Morgan fingerprint density at radius 1 is 1.17 bits per heavy atom. The third-order valence-electron chi connectivity index (χ3n) is 3.28. The van der Waals surface area contributed by atoms with E-state index < -0.39 is 18.4 Å². The Kier molecular flexibility index (Phi) is 5.90. The fraction of sp³-hybridized carbons (Fsp3) is 0.176. The fourth-order valence-electron chi connectivity index (χ4n) is 2.01. The van der Waals surface area contributed by atoms with Crippen molar-refractivity contribution in [2.24, 2.45) is 4.99 Å². The number of aromatic hydroxyl groups is 2. The zero-order valence-corrected chi connectivity index (χ0v) is 13.8. The molecule has 1 atom stereocenters. The van der Waals surface area contributed by atoms with Crippen molar-refractivity contribution < 1.29 is 20.1 Å². The number of phenols is 2. The first-order valence-corrected chi connectivity index (χ1v) is 7.72. The SMILES string of the molecule is O=C(CO)C(Cc1ccc(O)cc1)/N=C\c1cc(Br)ccc1O. The number of aliphatic hydroxyl groups is 1. The molecular weight excluding hydrogens is 362 g/mol. The molecule has 0 aliphatic heterocycles. The quantitative estimate of drug-likeness (QED) is 0.674. The predicted molar refractivity (Wildman–Crippen MR) is 91.1 cm³/mol. The van der Waals surface area contributed by atoms with Crippen molar-refractivity contribution >= 4 is 27.9 Å². The third-order valence-corrected chi connectivity index (χ3v) is 3.77. The van der Waals surface area contributed by atoms with Crippen LogP contribution in [0.2, 0.25) is 0 Å². The Bertz CT molecular complexity index is 713. The van der Waals surface area contributed by atoms with Crippen LogP contribution in [-0.2, 0) is 11.2 Å². The van der Waals surface area contributed by atoms with Crippen molar-refractivity contribution in [3.05, 3.63) is 58.1 Å². The maximum atomic E-state index is 11.9. The van der Waals surface area contributed by atoms with Gasteiger partial charge in [0.05, 0.1) is 0 Å². The van der Waals surface area contributed by atoms with E-state index in [-0.39, 0.29) is 11.5 Å². The number of Topliss-reactive ketones (excluding diaryl/α,β-unsaturated/α-hetero) is 1. The molecule has 0 saturated heterocycles. The highest BCUT2D eigenvalue weighted by molar-refractivity contribution is 9.10. The van der Waals surface area contributed by atoms with Crippen LogP contribution < -0.4 is 0 Å². The second kappa shape index (κ2) is 7.89. The normalized spacial score (nSPS) is 12.4. The predicted octanol–water partition coefficient (Wildman–Crippen LogP) is 2.45. The second-order valence-corrected chi connectivity index (χ2v) is 5.91. The molecule has 5 nitrogen and oxygen atoms in total. The van der Waals surface area contributed by atoms with Gasteiger partial charge >= 0.3 is 0 Å². The lowest BCUT2D eigenvalue weighted by atomic mass is 10.0. The minimum Gasteiger partial charge on any atom is -0.508 e. The van der Waals surface area contributed by atoms with E-state index in [1.54, 1.807) is 24.3 Å². The van der Waals surface area contributed by atoms with Gasteiger partial charge in [0.2, 0.25) is 0 Å². The van der Waals surface area contributed by atoms with E-state index in [0.29, 0.717) is 12.0 Å². The first-order valence-electron chi connectivity index (χ1n) is 6.93. The van der Waals surface area contributed by atoms with Crippen LogP contribution in [0, 0.1) is 0 Å². The van der Waals surface area contributed by atoms with E-state index in [1.165, 1.54) is 24.4 Å². The van der Waals surface area contributed by atoms with Crippen molar-refractivity contribution in [1.82, 2.24) is 0 Å². The number of benzene rings is 2. The minimum atomic E-state index is -0.761. The van der Waals surface area contributed by atoms with Gasteiger partial charge in [-0.3, -0.25) is 9.79 Å². The molecule has 0 bridgehead atoms. The largest absolute Gasteiger partial charge is 0.508 e. The smallest absolute Gasteiger partial charge is 0.182 e. The van der Waals surface area contributed by atoms with Gasteiger partial charge in [0.1, 0.15) is 24.1 Å². The Hall–Kier alpha value is -2.18. The summed E-state index contributed by atoms with van der Waals surface area (Å²) in [5, 5.41) is 28.2. The summed E-state index contributed by atoms with van der Waals surface area (Å²) < 4.78 is 0.778. The number of carbonyl (C=O) groups is 1. The van der Waals surface area contributed by atoms with Crippen LogP contribution in [0.25, 0.3) is 0 Å². The van der Waals surface area contributed by atoms with Crippen molar-refractivity contribution in [2.45, 2.75) is 12.5 Å². The number of halogens is 1. The molecule has 120 valence electrons. The molecule has 0 aliphatic rings. The number of carbonyl (C=O) groups excluding carboxylic acids is 1. The molecule has 6 heteroatoms. The monoisotopic (exact) mass is 377 g/mol. The highest BCUT2D eigenvalue weighted by Crippen LogP contribution is 2.20. The van der Waals surface area contributed by atoms with Gasteiger partial charge in [-0.05, 0) is 35.9 Å². The van der Waals surface area contributed by atoms with Crippen molar-refractivity contribution in [2.75, 3.05) is 6.61 Å². The van der Waals surface area contributed by atoms with E-state index in [2.05, 4.69) is 20.9 Å².